The Morgan fingerprint density at radius 2 is 1.81 bits per heavy atom. The smallest absolute Gasteiger partial charge is 0.289 e. The van der Waals surface area contributed by atoms with Crippen molar-refractivity contribution < 1.29 is 14.0 Å². The summed E-state index contributed by atoms with van der Waals surface area (Å²) in [7, 11) is 0. The first kappa shape index (κ1) is 17.4. The number of benzene rings is 1. The second-order valence-electron chi connectivity index (χ2n) is 6.65. The molecular weight excluding hydrogens is 344 g/mol. The lowest BCUT2D eigenvalue weighted by atomic mass is 10.1. The van der Waals surface area contributed by atoms with Crippen LogP contribution in [0.2, 0.25) is 0 Å². The maximum Gasteiger partial charge on any atom is 0.289 e. The molecule has 1 atom stereocenters. The fourth-order valence-corrected chi connectivity index (χ4v) is 3.45. The van der Waals surface area contributed by atoms with Crippen LogP contribution in [0.25, 0.3) is 0 Å². The van der Waals surface area contributed by atoms with E-state index in [4.69, 9.17) is 4.42 Å². The lowest BCUT2D eigenvalue weighted by Gasteiger charge is -2.35. The molecule has 0 radical (unpaired) electrons. The van der Waals surface area contributed by atoms with Crippen LogP contribution in [0.5, 0.6) is 0 Å². The zero-order valence-corrected chi connectivity index (χ0v) is 15.0. The van der Waals surface area contributed by atoms with Gasteiger partial charge in [0.1, 0.15) is 0 Å². The number of furan rings is 1. The van der Waals surface area contributed by atoms with Gasteiger partial charge in [-0.1, -0.05) is 30.3 Å². The quantitative estimate of drug-likeness (QED) is 0.891. The predicted molar refractivity (Wildman–Crippen MR) is 99.4 cm³/mol. The molecule has 1 aromatic carbocycles. The maximum absolute atomic E-state index is 12.8. The Bertz CT molecular complexity index is 811. The third-order valence-corrected chi connectivity index (χ3v) is 4.93. The summed E-state index contributed by atoms with van der Waals surface area (Å²) in [6.07, 6.45) is 5.28. The molecule has 1 fully saturated rings. The van der Waals surface area contributed by atoms with Crippen molar-refractivity contribution in [1.29, 1.82) is 0 Å². The number of carbonyl (C=O) groups is 2. The van der Waals surface area contributed by atoms with E-state index in [2.05, 4.69) is 10.3 Å². The standard InChI is InChI=1S/C20H22N4O3/c25-19(24-17(8-9-21-24)16-5-2-1-3-6-16)15-22-10-12-23(13-11-22)20(26)18-7-4-14-27-18/h1-9,14,17,21H,10-13,15H2/t17-/m0/s1. The molecule has 1 N–H and O–H groups in total. The largest absolute Gasteiger partial charge is 0.459 e. The first-order chi connectivity index (χ1) is 13.2. The monoisotopic (exact) mass is 366 g/mol. The van der Waals surface area contributed by atoms with Gasteiger partial charge in [0.15, 0.2) is 5.76 Å². The summed E-state index contributed by atoms with van der Waals surface area (Å²) in [6.45, 7) is 2.81. The van der Waals surface area contributed by atoms with E-state index in [-0.39, 0.29) is 17.9 Å². The Hall–Kier alpha value is -3.06. The van der Waals surface area contributed by atoms with Gasteiger partial charge in [-0.05, 0) is 23.8 Å². The number of rotatable bonds is 4. The minimum atomic E-state index is -0.0967. The third-order valence-electron chi connectivity index (χ3n) is 4.93. The molecular formula is C20H22N4O3. The summed E-state index contributed by atoms with van der Waals surface area (Å²) in [5.41, 5.74) is 4.11. The highest BCUT2D eigenvalue weighted by molar-refractivity contribution is 5.91. The highest BCUT2D eigenvalue weighted by Crippen LogP contribution is 2.24. The van der Waals surface area contributed by atoms with Crippen molar-refractivity contribution in [3.8, 4) is 0 Å². The molecule has 0 saturated carbocycles. The normalized spacial score (nSPS) is 19.9. The van der Waals surface area contributed by atoms with Gasteiger partial charge in [0.25, 0.3) is 11.8 Å². The van der Waals surface area contributed by atoms with Crippen molar-refractivity contribution in [3.63, 3.8) is 0 Å². The molecule has 140 valence electrons. The Morgan fingerprint density at radius 3 is 2.52 bits per heavy atom. The molecule has 2 aliphatic heterocycles. The predicted octanol–water partition coefficient (Wildman–Crippen LogP) is 1.64. The van der Waals surface area contributed by atoms with Gasteiger partial charge >= 0.3 is 0 Å². The van der Waals surface area contributed by atoms with E-state index in [1.54, 1.807) is 28.2 Å². The van der Waals surface area contributed by atoms with Crippen LogP contribution in [-0.4, -0.2) is 59.3 Å². The first-order valence-corrected chi connectivity index (χ1v) is 9.07. The number of hydrazine groups is 1. The zero-order chi connectivity index (χ0) is 18.6. The number of amides is 2. The fourth-order valence-electron chi connectivity index (χ4n) is 3.45. The molecule has 0 spiro atoms. The lowest BCUT2D eigenvalue weighted by molar-refractivity contribution is -0.136. The average Bonchev–Trinajstić information content (AvgIpc) is 3.41. The van der Waals surface area contributed by atoms with Gasteiger partial charge in [0.2, 0.25) is 0 Å². The van der Waals surface area contributed by atoms with Gasteiger partial charge in [-0.3, -0.25) is 14.5 Å². The van der Waals surface area contributed by atoms with Crippen LogP contribution < -0.4 is 5.43 Å². The molecule has 2 amide bonds. The Morgan fingerprint density at radius 1 is 1.04 bits per heavy atom. The molecule has 7 nitrogen and oxygen atoms in total. The van der Waals surface area contributed by atoms with E-state index in [0.717, 1.165) is 5.56 Å². The molecule has 0 unspecified atom stereocenters. The molecule has 7 heteroatoms. The van der Waals surface area contributed by atoms with E-state index < -0.39 is 0 Å². The van der Waals surface area contributed by atoms with E-state index in [1.807, 2.05) is 36.4 Å². The van der Waals surface area contributed by atoms with Crippen molar-refractivity contribution in [2.75, 3.05) is 32.7 Å². The second-order valence-corrected chi connectivity index (χ2v) is 6.65. The van der Waals surface area contributed by atoms with Crippen molar-refractivity contribution in [1.82, 2.24) is 20.2 Å². The van der Waals surface area contributed by atoms with Crippen LogP contribution in [0.4, 0.5) is 0 Å². The van der Waals surface area contributed by atoms with E-state index in [0.29, 0.717) is 38.5 Å². The number of hydrogen-bond acceptors (Lipinski definition) is 5. The zero-order valence-electron chi connectivity index (χ0n) is 15.0. The highest BCUT2D eigenvalue weighted by Gasteiger charge is 2.29. The molecule has 1 aromatic heterocycles. The Labute approximate surface area is 157 Å². The number of nitrogens with zero attached hydrogens (tertiary/aromatic N) is 3. The molecule has 2 aliphatic rings. The van der Waals surface area contributed by atoms with Gasteiger partial charge in [-0.25, -0.2) is 5.01 Å². The number of nitrogens with one attached hydrogen (secondary N) is 1. The maximum atomic E-state index is 12.8. The van der Waals surface area contributed by atoms with Crippen LogP contribution in [0.1, 0.15) is 22.2 Å². The number of carbonyl (C=O) groups excluding carboxylic acids is 2. The van der Waals surface area contributed by atoms with Crippen LogP contribution in [0.15, 0.2) is 65.4 Å². The molecule has 0 bridgehead atoms. The SMILES string of the molecule is O=C(c1ccco1)N1CCN(CC(=O)N2NC=C[C@H]2c2ccccc2)CC1. The molecule has 0 aliphatic carbocycles. The summed E-state index contributed by atoms with van der Waals surface area (Å²) in [6, 6.07) is 13.2. The van der Waals surface area contributed by atoms with Gasteiger partial charge in [0, 0.05) is 32.4 Å². The van der Waals surface area contributed by atoms with Crippen LogP contribution in [0.3, 0.4) is 0 Å². The van der Waals surface area contributed by atoms with Crippen molar-refractivity contribution in [2.45, 2.75) is 6.04 Å². The Balaban J connectivity index is 1.31. The van der Waals surface area contributed by atoms with Crippen molar-refractivity contribution in [3.05, 3.63) is 72.3 Å². The van der Waals surface area contributed by atoms with Gasteiger partial charge in [0.05, 0.1) is 18.8 Å². The average molecular weight is 366 g/mol. The number of hydrogen-bond donors (Lipinski definition) is 1. The van der Waals surface area contributed by atoms with Gasteiger partial charge < -0.3 is 14.7 Å². The van der Waals surface area contributed by atoms with E-state index in [9.17, 15) is 9.59 Å². The minimum Gasteiger partial charge on any atom is -0.459 e. The summed E-state index contributed by atoms with van der Waals surface area (Å²) < 4.78 is 5.18. The van der Waals surface area contributed by atoms with Crippen molar-refractivity contribution >= 4 is 11.8 Å². The topological polar surface area (TPSA) is 69.0 Å². The summed E-state index contributed by atoms with van der Waals surface area (Å²) in [4.78, 5) is 29.0. The lowest BCUT2D eigenvalue weighted by Crippen LogP contribution is -2.52. The summed E-state index contributed by atoms with van der Waals surface area (Å²) in [5.74, 6) is 0.276. The molecule has 1 saturated heterocycles. The highest BCUT2D eigenvalue weighted by atomic mass is 16.3. The van der Waals surface area contributed by atoms with E-state index >= 15 is 0 Å². The number of piperazine rings is 1. The summed E-state index contributed by atoms with van der Waals surface area (Å²) in [5, 5.41) is 1.66. The molecule has 4 rings (SSSR count). The van der Waals surface area contributed by atoms with Gasteiger partial charge in [-0.15, -0.1) is 0 Å². The van der Waals surface area contributed by atoms with Crippen LogP contribution in [-0.2, 0) is 4.79 Å². The van der Waals surface area contributed by atoms with E-state index in [1.165, 1.54) is 6.26 Å². The van der Waals surface area contributed by atoms with Crippen molar-refractivity contribution in [2.24, 2.45) is 0 Å². The first-order valence-electron chi connectivity index (χ1n) is 9.07. The van der Waals surface area contributed by atoms with Gasteiger partial charge in [-0.2, -0.15) is 0 Å². The fraction of sp³-hybridized carbons (Fsp3) is 0.300. The second kappa shape index (κ2) is 7.67. The van der Waals surface area contributed by atoms with Crippen LogP contribution >= 0.6 is 0 Å². The molecule has 2 aromatic rings. The molecule has 3 heterocycles. The summed E-state index contributed by atoms with van der Waals surface area (Å²) >= 11 is 0. The Kier molecular flexibility index (Phi) is 4.93. The third kappa shape index (κ3) is 3.73. The molecule has 27 heavy (non-hydrogen) atoms. The minimum absolute atomic E-state index is 0.0136. The van der Waals surface area contributed by atoms with Crippen LogP contribution in [0, 0.1) is 0 Å².